The summed E-state index contributed by atoms with van der Waals surface area (Å²) < 4.78 is 51.6. The number of nitriles is 1. The fourth-order valence-corrected chi connectivity index (χ4v) is 6.14. The summed E-state index contributed by atoms with van der Waals surface area (Å²) in [5.74, 6) is -2.22. The van der Waals surface area contributed by atoms with E-state index in [1.54, 1.807) is 0 Å². The summed E-state index contributed by atoms with van der Waals surface area (Å²) in [4.78, 5) is 17.0. The molecule has 2 fully saturated rings. The van der Waals surface area contributed by atoms with Gasteiger partial charge >= 0.3 is 0 Å². The van der Waals surface area contributed by atoms with Crippen LogP contribution >= 0.6 is 0 Å². The van der Waals surface area contributed by atoms with Gasteiger partial charge in [0.1, 0.15) is 0 Å². The number of amides is 1. The third-order valence-corrected chi connectivity index (χ3v) is 8.27. The van der Waals surface area contributed by atoms with Crippen molar-refractivity contribution in [3.05, 3.63) is 59.7 Å². The summed E-state index contributed by atoms with van der Waals surface area (Å²) in [6.45, 7) is 2.22. The second kappa shape index (κ2) is 10.2. The number of carbonyl (C=O) groups excluding carboxylic acids is 1. The maximum absolute atomic E-state index is 13.4. The fraction of sp³-hybridized carbons (Fsp3) is 0.417. The number of hydrogen-bond acceptors (Lipinski definition) is 6. The highest BCUT2D eigenvalue weighted by Gasteiger charge is 2.39. The number of nitrogens with zero attached hydrogens (tertiary/aromatic N) is 3. The average Bonchev–Trinajstić information content (AvgIpc) is 3.04. The molecule has 0 spiro atoms. The number of fused-ring (bicyclic) bond motifs is 2. The van der Waals surface area contributed by atoms with Crippen LogP contribution in [0.15, 0.2) is 47.4 Å². The zero-order valence-corrected chi connectivity index (χ0v) is 19.4. The molecule has 2 aliphatic heterocycles. The van der Waals surface area contributed by atoms with Crippen molar-refractivity contribution in [2.75, 3.05) is 37.2 Å². The first-order valence-corrected chi connectivity index (χ1v) is 12.9. The van der Waals surface area contributed by atoms with Crippen molar-refractivity contribution in [3.8, 4) is 6.07 Å². The third kappa shape index (κ3) is 5.60. The number of halogens is 2. The number of carbonyl (C=O) groups is 1. The van der Waals surface area contributed by atoms with Crippen molar-refractivity contribution >= 4 is 21.4 Å². The summed E-state index contributed by atoms with van der Waals surface area (Å²) in [5, 5.41) is 11.5. The van der Waals surface area contributed by atoms with Gasteiger partial charge in [0.25, 0.3) is 0 Å². The lowest BCUT2D eigenvalue weighted by Gasteiger charge is -2.40. The van der Waals surface area contributed by atoms with Gasteiger partial charge in [0.15, 0.2) is 21.5 Å². The van der Waals surface area contributed by atoms with Crippen LogP contribution in [-0.2, 0) is 14.6 Å². The van der Waals surface area contributed by atoms with Crippen LogP contribution in [0, 0.1) is 23.0 Å². The van der Waals surface area contributed by atoms with Crippen molar-refractivity contribution in [3.63, 3.8) is 0 Å². The molecule has 2 atom stereocenters. The summed E-state index contributed by atoms with van der Waals surface area (Å²) in [7, 11) is -3.41. The monoisotopic (exact) mass is 488 g/mol. The number of nitrogens with one attached hydrogen (secondary N) is 1. The van der Waals surface area contributed by atoms with Crippen LogP contribution in [0.25, 0.3) is 0 Å². The van der Waals surface area contributed by atoms with Crippen LogP contribution in [0.3, 0.4) is 0 Å². The summed E-state index contributed by atoms with van der Waals surface area (Å²) in [6.07, 6.45) is 2.49. The SMILES string of the molecule is N#Cc1ccc(S(=O)(=O)CCCN2C3CCC2CN(CC(=O)Nc2ccc(F)c(F)c2)C3)cc1. The Kier molecular flexibility index (Phi) is 7.26. The Hall–Kier alpha value is -2.87. The van der Waals surface area contributed by atoms with E-state index in [2.05, 4.69) is 15.1 Å². The molecule has 4 rings (SSSR count). The predicted octanol–water partition coefficient (Wildman–Crippen LogP) is 2.79. The van der Waals surface area contributed by atoms with Gasteiger partial charge < -0.3 is 5.32 Å². The first-order valence-electron chi connectivity index (χ1n) is 11.2. The molecule has 10 heteroatoms. The normalized spacial score (nSPS) is 20.7. The van der Waals surface area contributed by atoms with Gasteiger partial charge in [0, 0.05) is 36.9 Å². The Morgan fingerprint density at radius 2 is 1.74 bits per heavy atom. The molecule has 2 unspecified atom stereocenters. The predicted molar refractivity (Wildman–Crippen MR) is 123 cm³/mol. The lowest BCUT2D eigenvalue weighted by atomic mass is 10.1. The Labute approximate surface area is 197 Å². The molecule has 2 heterocycles. The first kappa shape index (κ1) is 24.3. The Balaban J connectivity index is 1.26. The quantitative estimate of drug-likeness (QED) is 0.614. The molecular weight excluding hydrogens is 462 g/mol. The van der Waals surface area contributed by atoms with Crippen molar-refractivity contribution < 1.29 is 22.0 Å². The zero-order valence-electron chi connectivity index (χ0n) is 18.6. The summed E-state index contributed by atoms with van der Waals surface area (Å²) in [6, 6.07) is 11.7. The minimum Gasteiger partial charge on any atom is -0.325 e. The van der Waals surface area contributed by atoms with Crippen molar-refractivity contribution in [1.29, 1.82) is 5.26 Å². The first-order chi connectivity index (χ1) is 16.2. The molecule has 180 valence electrons. The number of anilines is 1. The molecule has 1 N–H and O–H groups in total. The van der Waals surface area contributed by atoms with Gasteiger partial charge in [-0.1, -0.05) is 0 Å². The van der Waals surface area contributed by atoms with Gasteiger partial charge in [-0.25, -0.2) is 17.2 Å². The van der Waals surface area contributed by atoms with E-state index in [-0.39, 0.29) is 40.9 Å². The third-order valence-electron chi connectivity index (χ3n) is 6.45. The number of sulfone groups is 1. The van der Waals surface area contributed by atoms with Crippen LogP contribution < -0.4 is 5.32 Å². The van der Waals surface area contributed by atoms with Crippen molar-refractivity contribution in [1.82, 2.24) is 9.80 Å². The molecule has 0 aromatic heterocycles. The smallest absolute Gasteiger partial charge is 0.238 e. The van der Waals surface area contributed by atoms with E-state index in [1.165, 1.54) is 30.3 Å². The maximum atomic E-state index is 13.4. The van der Waals surface area contributed by atoms with Gasteiger partial charge in [-0.15, -0.1) is 0 Å². The average molecular weight is 489 g/mol. The molecule has 2 aliphatic rings. The number of benzene rings is 2. The lowest BCUT2D eigenvalue weighted by molar-refractivity contribution is -0.118. The Morgan fingerprint density at radius 1 is 1.06 bits per heavy atom. The van der Waals surface area contributed by atoms with Crippen LogP contribution in [0.1, 0.15) is 24.8 Å². The number of rotatable bonds is 8. The van der Waals surface area contributed by atoms with Gasteiger partial charge in [0.05, 0.1) is 28.8 Å². The zero-order chi connectivity index (χ0) is 24.3. The highest BCUT2D eigenvalue weighted by molar-refractivity contribution is 7.91. The van der Waals surface area contributed by atoms with E-state index in [0.717, 1.165) is 25.0 Å². The van der Waals surface area contributed by atoms with Crippen molar-refractivity contribution in [2.24, 2.45) is 0 Å². The summed E-state index contributed by atoms with van der Waals surface area (Å²) in [5.41, 5.74) is 0.640. The molecule has 0 aliphatic carbocycles. The summed E-state index contributed by atoms with van der Waals surface area (Å²) >= 11 is 0. The number of piperazine rings is 1. The molecule has 2 aromatic carbocycles. The van der Waals surface area contributed by atoms with Crippen LogP contribution in [-0.4, -0.2) is 68.1 Å². The van der Waals surface area contributed by atoms with E-state index in [9.17, 15) is 22.0 Å². The lowest BCUT2D eigenvalue weighted by Crippen LogP contribution is -2.55. The molecule has 1 amide bonds. The molecule has 34 heavy (non-hydrogen) atoms. The largest absolute Gasteiger partial charge is 0.325 e. The van der Waals surface area contributed by atoms with E-state index in [1.807, 2.05) is 6.07 Å². The fourth-order valence-electron chi connectivity index (χ4n) is 4.84. The number of hydrogen-bond donors (Lipinski definition) is 1. The van der Waals surface area contributed by atoms with Gasteiger partial charge in [-0.2, -0.15) is 5.26 Å². The molecule has 2 aromatic rings. The molecular formula is C24H26F2N4O3S. The molecule has 0 saturated carbocycles. The van der Waals surface area contributed by atoms with Crippen molar-refractivity contribution in [2.45, 2.75) is 36.2 Å². The van der Waals surface area contributed by atoms with E-state index >= 15 is 0 Å². The minimum atomic E-state index is -3.41. The highest BCUT2D eigenvalue weighted by Crippen LogP contribution is 2.30. The Morgan fingerprint density at radius 3 is 2.35 bits per heavy atom. The van der Waals surface area contributed by atoms with Gasteiger partial charge in [0.2, 0.25) is 5.91 Å². The van der Waals surface area contributed by atoms with Gasteiger partial charge in [-0.3, -0.25) is 14.6 Å². The molecule has 2 saturated heterocycles. The van der Waals surface area contributed by atoms with Gasteiger partial charge in [-0.05, 0) is 62.2 Å². The second-order valence-corrected chi connectivity index (χ2v) is 10.9. The standard InChI is InChI=1S/C24H26F2N4O3S/c25-22-9-4-18(12-23(22)26)28-24(31)16-29-14-19-5-6-20(15-29)30(19)10-1-11-34(32,33)21-7-2-17(13-27)3-8-21/h2-4,7-9,12,19-20H,1,5-6,10-11,14-16H2,(H,28,31). The maximum Gasteiger partial charge on any atom is 0.238 e. The van der Waals surface area contributed by atoms with Crippen LogP contribution in [0.2, 0.25) is 0 Å². The second-order valence-electron chi connectivity index (χ2n) is 8.80. The van der Waals surface area contributed by atoms with Crippen LogP contribution in [0.4, 0.5) is 14.5 Å². The minimum absolute atomic E-state index is 0.0369. The molecule has 2 bridgehead atoms. The van der Waals surface area contributed by atoms with E-state index < -0.39 is 21.5 Å². The van der Waals surface area contributed by atoms with E-state index in [0.29, 0.717) is 31.6 Å². The topological polar surface area (TPSA) is 93.5 Å². The van der Waals surface area contributed by atoms with Crippen LogP contribution in [0.5, 0.6) is 0 Å². The molecule has 7 nitrogen and oxygen atoms in total. The van der Waals surface area contributed by atoms with E-state index in [4.69, 9.17) is 5.26 Å². The highest BCUT2D eigenvalue weighted by atomic mass is 32.2. The Bertz CT molecular complexity index is 1180. The molecule has 0 radical (unpaired) electrons. The number of likely N-dealkylation sites (tertiary alicyclic amines) is 1.